The maximum Gasteiger partial charge on any atom is 0.300 e. The summed E-state index contributed by atoms with van der Waals surface area (Å²) in [5.74, 6) is -0.625. The van der Waals surface area contributed by atoms with Crippen LogP contribution in [0.3, 0.4) is 0 Å². The maximum atomic E-state index is 13.4. The van der Waals surface area contributed by atoms with Crippen molar-refractivity contribution in [3.05, 3.63) is 126 Å². The number of anilines is 1. The zero-order valence-electron chi connectivity index (χ0n) is 21.5. The molecular weight excluding hydrogens is 492 g/mol. The quantitative estimate of drug-likeness (QED) is 0.164. The van der Waals surface area contributed by atoms with Crippen LogP contribution in [0.15, 0.2) is 109 Å². The van der Waals surface area contributed by atoms with Gasteiger partial charge in [-0.25, -0.2) is 0 Å². The Morgan fingerprint density at radius 2 is 1.64 bits per heavy atom. The summed E-state index contributed by atoms with van der Waals surface area (Å²) >= 11 is 0. The molecule has 1 fully saturated rings. The van der Waals surface area contributed by atoms with Gasteiger partial charge in [-0.1, -0.05) is 55.5 Å². The highest BCUT2D eigenvalue weighted by atomic mass is 16.5. The summed E-state index contributed by atoms with van der Waals surface area (Å²) in [5, 5.41) is 11.4. The summed E-state index contributed by atoms with van der Waals surface area (Å²) < 4.78 is 11.6. The molecule has 1 amide bonds. The number of ketones is 1. The lowest BCUT2D eigenvalue weighted by Gasteiger charge is -2.24. The van der Waals surface area contributed by atoms with Gasteiger partial charge in [0.2, 0.25) is 0 Å². The molecule has 39 heavy (non-hydrogen) atoms. The van der Waals surface area contributed by atoms with Crippen LogP contribution in [0.5, 0.6) is 11.5 Å². The number of hydrogen-bond acceptors (Lipinski definition) is 6. The highest BCUT2D eigenvalue weighted by Gasteiger charge is 2.47. The molecule has 1 aromatic heterocycles. The average Bonchev–Trinajstić information content (AvgIpc) is 3.26. The number of nitrogens with zero attached hydrogens (tertiary/aromatic N) is 2. The minimum atomic E-state index is -0.914. The standard InChI is InChI=1S/C32H28N2O5/c1-2-19-38-26-12-8-11-23(20-26)30(35)28-29(27-13-6-7-18-33-27)34(32(37)31(28)36)24-14-16-25(17-15-24)39-21-22-9-4-3-5-10-22/h3-18,20,29,35H,2,19,21H2,1H3/b30-28-. The van der Waals surface area contributed by atoms with Crippen molar-refractivity contribution in [2.75, 3.05) is 11.5 Å². The first-order chi connectivity index (χ1) is 19.1. The van der Waals surface area contributed by atoms with Crippen LogP contribution in [0.1, 0.15) is 36.2 Å². The number of aromatic nitrogens is 1. The van der Waals surface area contributed by atoms with Gasteiger partial charge >= 0.3 is 0 Å². The van der Waals surface area contributed by atoms with Crippen LogP contribution in [0, 0.1) is 0 Å². The number of carbonyl (C=O) groups excluding carboxylic acids is 2. The molecule has 4 aromatic rings. The van der Waals surface area contributed by atoms with Crippen molar-refractivity contribution >= 4 is 23.1 Å². The summed E-state index contributed by atoms with van der Waals surface area (Å²) in [7, 11) is 0. The van der Waals surface area contributed by atoms with Gasteiger partial charge in [-0.05, 0) is 60.5 Å². The lowest BCUT2D eigenvalue weighted by molar-refractivity contribution is -0.132. The zero-order chi connectivity index (χ0) is 27.2. The Labute approximate surface area is 227 Å². The number of aliphatic hydroxyl groups excluding tert-OH is 1. The number of benzene rings is 3. The van der Waals surface area contributed by atoms with E-state index in [-0.39, 0.29) is 11.3 Å². The Morgan fingerprint density at radius 3 is 2.36 bits per heavy atom. The summed E-state index contributed by atoms with van der Waals surface area (Å²) in [5.41, 5.74) is 2.33. The molecule has 1 aliphatic rings. The second-order valence-corrected chi connectivity index (χ2v) is 9.07. The van der Waals surface area contributed by atoms with Crippen molar-refractivity contribution < 1.29 is 24.2 Å². The predicted octanol–water partition coefficient (Wildman–Crippen LogP) is 6.08. The largest absolute Gasteiger partial charge is 0.507 e. The second kappa shape index (κ2) is 11.6. The molecule has 0 radical (unpaired) electrons. The Balaban J connectivity index is 1.50. The number of Topliss-reactive ketones (excluding diaryl/α,β-unsaturated/α-hetero) is 1. The van der Waals surface area contributed by atoms with Gasteiger partial charge in [-0.2, -0.15) is 0 Å². The van der Waals surface area contributed by atoms with Crippen LogP contribution in [-0.2, 0) is 16.2 Å². The second-order valence-electron chi connectivity index (χ2n) is 9.07. The summed E-state index contributed by atoms with van der Waals surface area (Å²) in [6.07, 6.45) is 2.42. The Kier molecular flexibility index (Phi) is 7.68. The topological polar surface area (TPSA) is 89.0 Å². The van der Waals surface area contributed by atoms with Gasteiger partial charge in [0.05, 0.1) is 17.9 Å². The van der Waals surface area contributed by atoms with E-state index in [1.807, 2.05) is 37.3 Å². The van der Waals surface area contributed by atoms with Gasteiger partial charge < -0.3 is 14.6 Å². The molecule has 3 aromatic carbocycles. The van der Waals surface area contributed by atoms with Gasteiger partial charge in [0.15, 0.2) is 0 Å². The zero-order valence-corrected chi connectivity index (χ0v) is 21.5. The molecule has 2 heterocycles. The first kappa shape index (κ1) is 25.7. The maximum absolute atomic E-state index is 13.4. The van der Waals surface area contributed by atoms with Crippen LogP contribution in [0.25, 0.3) is 5.76 Å². The van der Waals surface area contributed by atoms with E-state index in [2.05, 4.69) is 4.98 Å². The summed E-state index contributed by atoms with van der Waals surface area (Å²) in [6, 6.07) is 28.0. The monoisotopic (exact) mass is 520 g/mol. The molecule has 7 heteroatoms. The minimum Gasteiger partial charge on any atom is -0.507 e. The molecule has 1 unspecified atom stereocenters. The normalized spacial score (nSPS) is 16.3. The van der Waals surface area contributed by atoms with Crippen molar-refractivity contribution in [3.8, 4) is 11.5 Å². The molecule has 0 saturated carbocycles. The molecule has 7 nitrogen and oxygen atoms in total. The van der Waals surface area contributed by atoms with Crippen molar-refractivity contribution in [2.45, 2.75) is 26.0 Å². The SMILES string of the molecule is CCCOc1cccc(/C(O)=C2/C(=O)C(=O)N(c3ccc(OCc4ccccc4)cc3)C2c2ccccn2)c1. The van der Waals surface area contributed by atoms with E-state index in [0.717, 1.165) is 12.0 Å². The fourth-order valence-corrected chi connectivity index (χ4v) is 4.47. The third kappa shape index (κ3) is 5.52. The highest BCUT2D eigenvalue weighted by Crippen LogP contribution is 2.42. The molecule has 196 valence electrons. The third-order valence-corrected chi connectivity index (χ3v) is 6.36. The van der Waals surface area contributed by atoms with Crippen LogP contribution < -0.4 is 14.4 Å². The molecule has 5 rings (SSSR count). The van der Waals surface area contributed by atoms with Gasteiger partial charge in [0.1, 0.15) is 29.9 Å². The van der Waals surface area contributed by atoms with Gasteiger partial charge in [-0.3, -0.25) is 19.5 Å². The fourth-order valence-electron chi connectivity index (χ4n) is 4.47. The van der Waals surface area contributed by atoms with Crippen LogP contribution >= 0.6 is 0 Å². The molecule has 0 spiro atoms. The van der Waals surface area contributed by atoms with Crippen LogP contribution in [0.4, 0.5) is 5.69 Å². The molecule has 0 aliphatic carbocycles. The third-order valence-electron chi connectivity index (χ3n) is 6.36. The summed E-state index contributed by atoms with van der Waals surface area (Å²) in [4.78, 5) is 32.6. The van der Waals surface area contributed by atoms with E-state index in [0.29, 0.717) is 41.7 Å². The van der Waals surface area contributed by atoms with Crippen molar-refractivity contribution in [2.24, 2.45) is 0 Å². The van der Waals surface area contributed by atoms with Gasteiger partial charge in [0.25, 0.3) is 11.7 Å². The lowest BCUT2D eigenvalue weighted by Crippen LogP contribution is -2.29. The number of hydrogen-bond donors (Lipinski definition) is 1. The number of carbonyl (C=O) groups is 2. The molecular formula is C32H28N2O5. The molecule has 0 bridgehead atoms. The van der Waals surface area contributed by atoms with E-state index in [4.69, 9.17) is 9.47 Å². The lowest BCUT2D eigenvalue weighted by atomic mass is 9.98. The predicted molar refractivity (Wildman–Crippen MR) is 148 cm³/mol. The highest BCUT2D eigenvalue weighted by molar-refractivity contribution is 6.51. The van der Waals surface area contributed by atoms with Crippen molar-refractivity contribution in [1.82, 2.24) is 4.98 Å². The smallest absolute Gasteiger partial charge is 0.300 e. The molecule has 1 aliphatic heterocycles. The van der Waals surface area contributed by atoms with E-state index >= 15 is 0 Å². The van der Waals surface area contributed by atoms with Gasteiger partial charge in [0, 0.05) is 17.4 Å². The number of ether oxygens (including phenoxy) is 2. The van der Waals surface area contributed by atoms with E-state index in [1.54, 1.807) is 72.9 Å². The van der Waals surface area contributed by atoms with Gasteiger partial charge in [-0.15, -0.1) is 0 Å². The van der Waals surface area contributed by atoms with Crippen molar-refractivity contribution in [1.29, 1.82) is 0 Å². The van der Waals surface area contributed by atoms with E-state index < -0.39 is 17.7 Å². The molecule has 1 N–H and O–H groups in total. The van der Waals surface area contributed by atoms with Crippen LogP contribution in [0.2, 0.25) is 0 Å². The number of rotatable bonds is 9. The van der Waals surface area contributed by atoms with E-state index in [1.165, 1.54) is 4.90 Å². The number of amides is 1. The summed E-state index contributed by atoms with van der Waals surface area (Å²) in [6.45, 7) is 2.92. The Morgan fingerprint density at radius 1 is 0.872 bits per heavy atom. The first-order valence-electron chi connectivity index (χ1n) is 12.8. The Hall–Kier alpha value is -4.91. The number of aliphatic hydroxyl groups is 1. The minimum absolute atomic E-state index is 0.0317. The van der Waals surface area contributed by atoms with Crippen LogP contribution in [-0.4, -0.2) is 28.4 Å². The fraction of sp³-hybridized carbons (Fsp3) is 0.156. The number of pyridine rings is 1. The molecule has 1 saturated heterocycles. The molecule has 1 atom stereocenters. The van der Waals surface area contributed by atoms with Crippen molar-refractivity contribution in [3.63, 3.8) is 0 Å². The average molecular weight is 521 g/mol. The Bertz CT molecular complexity index is 1480. The van der Waals surface area contributed by atoms with E-state index in [9.17, 15) is 14.7 Å². The first-order valence-corrected chi connectivity index (χ1v) is 12.8.